The molecule has 0 aliphatic carbocycles. The van der Waals surface area contributed by atoms with E-state index < -0.39 is 0 Å². The van der Waals surface area contributed by atoms with Crippen LogP contribution in [0.25, 0.3) is 0 Å². The number of nitrogens with one attached hydrogen (secondary N) is 1. The van der Waals surface area contributed by atoms with Crippen molar-refractivity contribution in [3.8, 4) is 0 Å². The highest BCUT2D eigenvalue weighted by molar-refractivity contribution is 5.25. The Labute approximate surface area is 129 Å². The summed E-state index contributed by atoms with van der Waals surface area (Å²) in [7, 11) is 0. The van der Waals surface area contributed by atoms with Gasteiger partial charge in [-0.2, -0.15) is 0 Å². The fourth-order valence-corrected chi connectivity index (χ4v) is 4.01. The Kier molecular flexibility index (Phi) is 4.66. The van der Waals surface area contributed by atoms with Gasteiger partial charge in [0, 0.05) is 25.2 Å². The minimum atomic E-state index is 0.547. The predicted octanol–water partition coefficient (Wildman–Crippen LogP) is 3.63. The Hall–Kier alpha value is -0.860. The second-order valence-corrected chi connectivity index (χ2v) is 7.43. The Morgan fingerprint density at radius 2 is 1.90 bits per heavy atom. The van der Waals surface area contributed by atoms with Crippen LogP contribution in [0.5, 0.6) is 0 Å². The monoisotopic (exact) mass is 286 g/mol. The summed E-state index contributed by atoms with van der Waals surface area (Å²) in [6, 6.07) is 10.6. The highest BCUT2D eigenvalue weighted by Gasteiger charge is 2.36. The highest BCUT2D eigenvalue weighted by atomic mass is 15.2. The number of piperidine rings is 1. The third-order valence-electron chi connectivity index (χ3n) is 5.28. The van der Waals surface area contributed by atoms with Crippen molar-refractivity contribution in [1.82, 2.24) is 10.2 Å². The van der Waals surface area contributed by atoms with Crippen molar-refractivity contribution in [2.75, 3.05) is 19.6 Å². The first-order valence-electron chi connectivity index (χ1n) is 8.69. The molecule has 3 unspecified atom stereocenters. The molecule has 2 heteroatoms. The second-order valence-electron chi connectivity index (χ2n) is 7.43. The predicted molar refractivity (Wildman–Crippen MR) is 89.5 cm³/mol. The number of likely N-dealkylation sites (tertiary alicyclic amines) is 1. The fourth-order valence-electron chi connectivity index (χ4n) is 4.01. The molecule has 3 rings (SSSR count). The van der Waals surface area contributed by atoms with Gasteiger partial charge in [0.05, 0.1) is 0 Å². The molecule has 0 amide bonds. The van der Waals surface area contributed by atoms with Crippen LogP contribution in [-0.2, 0) is 6.42 Å². The molecule has 1 N–H and O–H groups in total. The molecule has 116 valence electrons. The van der Waals surface area contributed by atoms with E-state index in [2.05, 4.69) is 55.3 Å². The van der Waals surface area contributed by atoms with E-state index in [0.29, 0.717) is 6.04 Å². The molecule has 1 aromatic carbocycles. The highest BCUT2D eigenvalue weighted by Crippen LogP contribution is 2.31. The van der Waals surface area contributed by atoms with E-state index in [1.165, 1.54) is 50.0 Å². The first-order chi connectivity index (χ1) is 10.1. The van der Waals surface area contributed by atoms with E-state index in [1.54, 1.807) is 0 Å². The van der Waals surface area contributed by atoms with E-state index in [1.807, 2.05) is 0 Å². The van der Waals surface area contributed by atoms with Crippen molar-refractivity contribution in [3.05, 3.63) is 35.4 Å². The number of benzene rings is 1. The molecule has 2 heterocycles. The van der Waals surface area contributed by atoms with Crippen LogP contribution in [0.2, 0.25) is 0 Å². The Bertz CT molecular complexity index is 437. The summed E-state index contributed by atoms with van der Waals surface area (Å²) in [5.41, 5.74) is 2.94. The molecule has 2 fully saturated rings. The van der Waals surface area contributed by atoms with Gasteiger partial charge in [0.15, 0.2) is 0 Å². The zero-order valence-corrected chi connectivity index (χ0v) is 13.8. The van der Waals surface area contributed by atoms with Gasteiger partial charge in [-0.05, 0) is 55.7 Å². The summed E-state index contributed by atoms with van der Waals surface area (Å²) in [4.78, 5) is 2.67. The molecular weight excluding hydrogens is 256 g/mol. The second kappa shape index (κ2) is 6.50. The van der Waals surface area contributed by atoms with Gasteiger partial charge in [0.2, 0.25) is 0 Å². The normalized spacial score (nSPS) is 27.8. The number of fused-ring (bicyclic) bond motifs is 1. The third-order valence-corrected chi connectivity index (χ3v) is 5.28. The van der Waals surface area contributed by atoms with Crippen LogP contribution in [0.4, 0.5) is 0 Å². The van der Waals surface area contributed by atoms with Crippen LogP contribution in [0.3, 0.4) is 0 Å². The van der Waals surface area contributed by atoms with Gasteiger partial charge in [-0.1, -0.05) is 38.1 Å². The van der Waals surface area contributed by atoms with Gasteiger partial charge in [-0.3, -0.25) is 4.90 Å². The summed E-state index contributed by atoms with van der Waals surface area (Å²) in [5.74, 6) is 1.61. The fraction of sp³-hybridized carbons (Fsp3) is 0.684. The molecule has 0 radical (unpaired) electrons. The first kappa shape index (κ1) is 15.1. The van der Waals surface area contributed by atoms with Gasteiger partial charge in [0.25, 0.3) is 0 Å². The Balaban J connectivity index is 1.63. The SMILES string of the molecule is CC(C)Cc1ccc(C(C)N2CC3CCCNC3C2)cc1. The molecule has 1 aromatic rings. The van der Waals surface area contributed by atoms with Crippen molar-refractivity contribution in [2.24, 2.45) is 11.8 Å². The lowest BCUT2D eigenvalue weighted by Gasteiger charge is -2.25. The molecule has 3 atom stereocenters. The third kappa shape index (κ3) is 3.49. The minimum Gasteiger partial charge on any atom is -0.312 e. The smallest absolute Gasteiger partial charge is 0.0320 e. The van der Waals surface area contributed by atoms with E-state index in [0.717, 1.165) is 17.9 Å². The Morgan fingerprint density at radius 1 is 1.14 bits per heavy atom. The maximum absolute atomic E-state index is 3.71. The molecule has 0 saturated carbocycles. The van der Waals surface area contributed by atoms with E-state index in [9.17, 15) is 0 Å². The van der Waals surface area contributed by atoms with Gasteiger partial charge < -0.3 is 5.32 Å². The van der Waals surface area contributed by atoms with Crippen LogP contribution in [0.1, 0.15) is 50.8 Å². The maximum Gasteiger partial charge on any atom is 0.0320 e. The molecule has 2 nitrogen and oxygen atoms in total. The van der Waals surface area contributed by atoms with Gasteiger partial charge in [-0.15, -0.1) is 0 Å². The van der Waals surface area contributed by atoms with Gasteiger partial charge in [0.1, 0.15) is 0 Å². The van der Waals surface area contributed by atoms with Crippen molar-refractivity contribution in [1.29, 1.82) is 0 Å². The minimum absolute atomic E-state index is 0.547. The molecule has 0 bridgehead atoms. The number of rotatable bonds is 4. The summed E-state index contributed by atoms with van der Waals surface area (Å²) in [5, 5.41) is 3.71. The van der Waals surface area contributed by atoms with Gasteiger partial charge >= 0.3 is 0 Å². The molecule has 2 aliphatic rings. The molecule has 0 spiro atoms. The van der Waals surface area contributed by atoms with Crippen LogP contribution in [-0.4, -0.2) is 30.6 Å². The average molecular weight is 286 g/mol. The van der Waals surface area contributed by atoms with Gasteiger partial charge in [-0.25, -0.2) is 0 Å². The lowest BCUT2D eigenvalue weighted by atomic mass is 9.94. The zero-order chi connectivity index (χ0) is 14.8. The lowest BCUT2D eigenvalue weighted by Crippen LogP contribution is -2.40. The quantitative estimate of drug-likeness (QED) is 0.909. The largest absolute Gasteiger partial charge is 0.312 e. The summed E-state index contributed by atoms with van der Waals surface area (Å²) >= 11 is 0. The van der Waals surface area contributed by atoms with E-state index >= 15 is 0 Å². The summed E-state index contributed by atoms with van der Waals surface area (Å²) in [6.45, 7) is 10.7. The molecule has 2 aliphatic heterocycles. The van der Waals surface area contributed by atoms with Crippen LogP contribution < -0.4 is 5.32 Å². The Morgan fingerprint density at radius 3 is 2.57 bits per heavy atom. The standard InChI is InChI=1S/C19H30N2/c1-14(2)11-16-6-8-17(9-7-16)15(3)21-12-18-5-4-10-20-19(18)13-21/h6-9,14-15,18-20H,4-5,10-13H2,1-3H3. The zero-order valence-electron chi connectivity index (χ0n) is 13.8. The molecule has 0 aromatic heterocycles. The molecular formula is C19H30N2. The van der Waals surface area contributed by atoms with Crippen molar-refractivity contribution < 1.29 is 0 Å². The average Bonchev–Trinajstić information content (AvgIpc) is 2.90. The van der Waals surface area contributed by atoms with Crippen molar-refractivity contribution in [3.63, 3.8) is 0 Å². The van der Waals surface area contributed by atoms with Crippen LogP contribution in [0.15, 0.2) is 24.3 Å². The van der Waals surface area contributed by atoms with Crippen molar-refractivity contribution in [2.45, 2.75) is 52.1 Å². The molecule has 2 saturated heterocycles. The van der Waals surface area contributed by atoms with E-state index in [-0.39, 0.29) is 0 Å². The van der Waals surface area contributed by atoms with Crippen LogP contribution in [0, 0.1) is 11.8 Å². The first-order valence-corrected chi connectivity index (χ1v) is 8.69. The number of hydrogen-bond donors (Lipinski definition) is 1. The summed E-state index contributed by atoms with van der Waals surface area (Å²) < 4.78 is 0. The topological polar surface area (TPSA) is 15.3 Å². The molecule has 21 heavy (non-hydrogen) atoms. The number of hydrogen-bond acceptors (Lipinski definition) is 2. The lowest BCUT2D eigenvalue weighted by molar-refractivity contribution is 0.251. The summed E-state index contributed by atoms with van der Waals surface area (Å²) in [6.07, 6.45) is 3.95. The maximum atomic E-state index is 3.71. The number of nitrogens with zero attached hydrogens (tertiary/aromatic N) is 1. The van der Waals surface area contributed by atoms with Crippen molar-refractivity contribution >= 4 is 0 Å². The van der Waals surface area contributed by atoms with E-state index in [4.69, 9.17) is 0 Å². The van der Waals surface area contributed by atoms with Crippen LogP contribution >= 0.6 is 0 Å².